The van der Waals surface area contributed by atoms with E-state index in [0.717, 1.165) is 0 Å². The van der Waals surface area contributed by atoms with E-state index in [9.17, 15) is 4.79 Å². The van der Waals surface area contributed by atoms with Crippen molar-refractivity contribution >= 4 is 11.6 Å². The Kier molecular flexibility index (Phi) is 1.07. The zero-order valence-corrected chi connectivity index (χ0v) is 4.46. The lowest BCUT2D eigenvalue weighted by Gasteiger charge is -1.91. The van der Waals surface area contributed by atoms with Gasteiger partial charge in [-0.1, -0.05) is 0 Å². The van der Waals surface area contributed by atoms with Crippen molar-refractivity contribution in [1.82, 2.24) is 15.2 Å². The fourth-order valence-electron chi connectivity index (χ4n) is 0.357. The number of H-pyrrole nitrogens is 1. The molecule has 0 spiro atoms. The molecule has 1 aromatic rings. The molecule has 0 fully saturated rings. The lowest BCUT2D eigenvalue weighted by atomic mass is 10.7. The van der Waals surface area contributed by atoms with Crippen LogP contribution in [0.4, 0.5) is 11.6 Å². The molecule has 0 radical (unpaired) electrons. The summed E-state index contributed by atoms with van der Waals surface area (Å²) in [5.41, 5.74) is 9.63. The molecule has 0 saturated heterocycles. The van der Waals surface area contributed by atoms with E-state index in [1.807, 2.05) is 5.10 Å². The Balaban J connectivity index is 3.34. The van der Waals surface area contributed by atoms with Crippen LogP contribution in [0.5, 0.6) is 0 Å². The maximum atomic E-state index is 10.3. The molecule has 0 amide bonds. The Morgan fingerprint density at radius 1 is 1.33 bits per heavy atom. The Bertz CT molecular complexity index is 265. The zero-order chi connectivity index (χ0) is 6.85. The van der Waals surface area contributed by atoms with Crippen molar-refractivity contribution in [1.29, 1.82) is 0 Å². The Labute approximate surface area is 49.9 Å². The summed E-state index contributed by atoms with van der Waals surface area (Å²) in [5, 5.41) is 5.35. The molecular formula is C3H5N5O. The summed E-state index contributed by atoms with van der Waals surface area (Å²) >= 11 is 0. The number of rotatable bonds is 0. The van der Waals surface area contributed by atoms with Gasteiger partial charge in [-0.15, -0.1) is 5.10 Å². The van der Waals surface area contributed by atoms with Gasteiger partial charge in [0.05, 0.1) is 0 Å². The van der Waals surface area contributed by atoms with Crippen LogP contribution in [-0.4, -0.2) is 15.2 Å². The van der Waals surface area contributed by atoms with Crippen LogP contribution < -0.4 is 17.2 Å². The van der Waals surface area contributed by atoms with E-state index in [1.54, 1.807) is 0 Å². The van der Waals surface area contributed by atoms with Crippen molar-refractivity contribution < 1.29 is 0 Å². The normalized spacial score (nSPS) is 9.33. The predicted molar refractivity (Wildman–Crippen MR) is 31.5 cm³/mol. The van der Waals surface area contributed by atoms with Gasteiger partial charge in [-0.3, -0.25) is 0 Å². The molecule has 48 valence electrons. The van der Waals surface area contributed by atoms with Gasteiger partial charge in [0.1, 0.15) is 0 Å². The molecule has 0 aliphatic heterocycles. The number of nitrogen functional groups attached to an aromatic ring is 2. The highest BCUT2D eigenvalue weighted by Gasteiger charge is 1.94. The molecule has 0 aromatic carbocycles. The second-order valence-electron chi connectivity index (χ2n) is 1.41. The molecule has 0 bridgehead atoms. The summed E-state index contributed by atoms with van der Waals surface area (Å²) in [4.78, 5) is 13.5. The smallest absolute Gasteiger partial charge is 0.363 e. The lowest BCUT2D eigenvalue weighted by molar-refractivity contribution is 0.931. The summed E-state index contributed by atoms with van der Waals surface area (Å²) in [6.07, 6.45) is 0. The van der Waals surface area contributed by atoms with Crippen molar-refractivity contribution in [3.63, 3.8) is 0 Å². The quantitative estimate of drug-likeness (QED) is 0.386. The molecule has 0 unspecified atom stereocenters. The molecule has 1 rings (SSSR count). The molecule has 0 aliphatic rings. The van der Waals surface area contributed by atoms with E-state index in [-0.39, 0.29) is 11.6 Å². The van der Waals surface area contributed by atoms with E-state index in [4.69, 9.17) is 11.5 Å². The monoisotopic (exact) mass is 127 g/mol. The highest BCUT2D eigenvalue weighted by atomic mass is 16.1. The minimum Gasteiger partial charge on any atom is -0.380 e. The maximum absolute atomic E-state index is 10.3. The SMILES string of the molecule is Nc1n[nH]c(=O)nc1N. The third-order valence-corrected chi connectivity index (χ3v) is 0.756. The minimum absolute atomic E-state index is 0.0367. The first-order valence-corrected chi connectivity index (χ1v) is 2.18. The van der Waals surface area contributed by atoms with Gasteiger partial charge >= 0.3 is 5.69 Å². The molecule has 6 heteroatoms. The predicted octanol–water partition coefficient (Wildman–Crippen LogP) is -1.67. The van der Waals surface area contributed by atoms with Crippen LogP contribution in [0.2, 0.25) is 0 Å². The topological polar surface area (TPSA) is 111 Å². The van der Waals surface area contributed by atoms with Crippen molar-refractivity contribution in [2.45, 2.75) is 0 Å². The zero-order valence-electron chi connectivity index (χ0n) is 4.46. The van der Waals surface area contributed by atoms with Crippen LogP contribution in [0.1, 0.15) is 0 Å². The molecule has 0 saturated carbocycles. The first-order chi connectivity index (χ1) is 4.20. The van der Waals surface area contributed by atoms with Gasteiger partial charge in [-0.05, 0) is 0 Å². The summed E-state index contributed by atoms with van der Waals surface area (Å²) in [7, 11) is 0. The third kappa shape index (κ3) is 0.958. The van der Waals surface area contributed by atoms with Crippen LogP contribution >= 0.6 is 0 Å². The molecule has 5 N–H and O–H groups in total. The minimum atomic E-state index is -0.596. The number of nitrogens with two attached hydrogens (primary N) is 2. The molecule has 0 aliphatic carbocycles. The number of nitrogens with zero attached hydrogens (tertiary/aromatic N) is 2. The van der Waals surface area contributed by atoms with Gasteiger partial charge in [0, 0.05) is 0 Å². The van der Waals surface area contributed by atoms with Gasteiger partial charge in [0.2, 0.25) is 0 Å². The van der Waals surface area contributed by atoms with E-state index < -0.39 is 5.69 Å². The molecule has 1 aromatic heterocycles. The molecule has 6 nitrogen and oxygen atoms in total. The van der Waals surface area contributed by atoms with Crippen molar-refractivity contribution in [2.75, 3.05) is 11.5 Å². The van der Waals surface area contributed by atoms with Crippen molar-refractivity contribution in [3.05, 3.63) is 10.5 Å². The molecule has 0 atom stereocenters. The maximum Gasteiger partial charge on any atom is 0.363 e. The standard InChI is InChI=1S/C3H5N5O/c4-1-2(5)7-8-3(9)6-1/h(H2,5,7)(H3,4,6,8,9). The van der Waals surface area contributed by atoms with E-state index in [0.29, 0.717) is 0 Å². The molecule has 9 heavy (non-hydrogen) atoms. The van der Waals surface area contributed by atoms with E-state index >= 15 is 0 Å². The van der Waals surface area contributed by atoms with Gasteiger partial charge in [0.15, 0.2) is 11.6 Å². The van der Waals surface area contributed by atoms with Crippen LogP contribution in [0.3, 0.4) is 0 Å². The van der Waals surface area contributed by atoms with E-state index in [1.165, 1.54) is 0 Å². The number of hydrogen-bond acceptors (Lipinski definition) is 5. The highest BCUT2D eigenvalue weighted by Crippen LogP contribution is 1.97. The second kappa shape index (κ2) is 1.73. The third-order valence-electron chi connectivity index (χ3n) is 0.756. The number of aromatic amines is 1. The van der Waals surface area contributed by atoms with Gasteiger partial charge < -0.3 is 11.5 Å². The van der Waals surface area contributed by atoms with Gasteiger partial charge in [-0.25, -0.2) is 9.89 Å². The molecule has 1 heterocycles. The average Bonchev–Trinajstić information content (AvgIpc) is 1.80. The fraction of sp³-hybridized carbons (Fsp3) is 0. The highest BCUT2D eigenvalue weighted by molar-refractivity contribution is 5.49. The van der Waals surface area contributed by atoms with Crippen LogP contribution in [0.25, 0.3) is 0 Å². The summed E-state index contributed by atoms with van der Waals surface area (Å²) in [6, 6.07) is 0. The summed E-state index contributed by atoms with van der Waals surface area (Å²) in [5.74, 6) is -0.00616. The lowest BCUT2D eigenvalue weighted by Crippen LogP contribution is -2.16. The largest absolute Gasteiger partial charge is 0.380 e. The number of anilines is 2. The fourth-order valence-corrected chi connectivity index (χ4v) is 0.357. The van der Waals surface area contributed by atoms with E-state index in [2.05, 4.69) is 10.1 Å². The first-order valence-electron chi connectivity index (χ1n) is 2.18. The van der Waals surface area contributed by atoms with Crippen LogP contribution in [-0.2, 0) is 0 Å². The Morgan fingerprint density at radius 2 is 2.00 bits per heavy atom. The number of hydrogen-bond donors (Lipinski definition) is 3. The summed E-state index contributed by atoms with van der Waals surface area (Å²) < 4.78 is 0. The van der Waals surface area contributed by atoms with Crippen LogP contribution in [0, 0.1) is 0 Å². The first kappa shape index (κ1) is 5.54. The average molecular weight is 127 g/mol. The van der Waals surface area contributed by atoms with Crippen molar-refractivity contribution in [3.8, 4) is 0 Å². The Morgan fingerprint density at radius 3 is 2.44 bits per heavy atom. The van der Waals surface area contributed by atoms with Gasteiger partial charge in [0.25, 0.3) is 0 Å². The second-order valence-corrected chi connectivity index (χ2v) is 1.41. The van der Waals surface area contributed by atoms with Crippen molar-refractivity contribution in [2.24, 2.45) is 0 Å². The van der Waals surface area contributed by atoms with Gasteiger partial charge in [-0.2, -0.15) is 4.98 Å². The number of aromatic nitrogens is 3. The number of nitrogens with one attached hydrogen (secondary N) is 1. The summed E-state index contributed by atoms with van der Waals surface area (Å²) in [6.45, 7) is 0. The Hall–Kier alpha value is -1.59. The van der Waals surface area contributed by atoms with Crippen LogP contribution in [0.15, 0.2) is 4.79 Å². The molecular weight excluding hydrogens is 122 g/mol.